The fourth-order valence-corrected chi connectivity index (χ4v) is 2.65. The highest BCUT2D eigenvalue weighted by atomic mass is 79.9. The van der Waals surface area contributed by atoms with Gasteiger partial charge in [-0.3, -0.25) is 0 Å². The van der Waals surface area contributed by atoms with E-state index in [0.717, 1.165) is 10.0 Å². The lowest BCUT2D eigenvalue weighted by Gasteiger charge is -2.14. The average Bonchev–Trinajstić information content (AvgIpc) is 2.32. The summed E-state index contributed by atoms with van der Waals surface area (Å²) in [5.74, 6) is -0.394. The first-order valence-corrected chi connectivity index (χ1v) is 7.03. The molecule has 0 fully saturated rings. The van der Waals surface area contributed by atoms with Gasteiger partial charge in [0.2, 0.25) is 0 Å². The lowest BCUT2D eigenvalue weighted by atomic mass is 10.0. The molecule has 4 heteroatoms. The zero-order valence-electron chi connectivity index (χ0n) is 9.41. The van der Waals surface area contributed by atoms with Crippen LogP contribution in [0.2, 0.25) is 0 Å². The molecule has 1 atom stereocenters. The number of hydrogen-bond acceptors (Lipinski definition) is 1. The van der Waals surface area contributed by atoms with E-state index in [-0.39, 0.29) is 0 Å². The fraction of sp³-hybridized carbons (Fsp3) is 0.143. The molecular formula is C14H11Br2FO. The van der Waals surface area contributed by atoms with Crippen LogP contribution in [0, 0.1) is 5.82 Å². The number of benzene rings is 2. The molecule has 0 aromatic heterocycles. The maximum atomic E-state index is 13.7. The molecule has 18 heavy (non-hydrogen) atoms. The molecule has 0 aliphatic carbocycles. The van der Waals surface area contributed by atoms with Gasteiger partial charge in [-0.15, -0.1) is 0 Å². The van der Waals surface area contributed by atoms with Gasteiger partial charge in [0.25, 0.3) is 0 Å². The second-order valence-corrected chi connectivity index (χ2v) is 5.75. The van der Waals surface area contributed by atoms with Crippen molar-refractivity contribution in [2.75, 3.05) is 0 Å². The second-order valence-electron chi connectivity index (χ2n) is 3.98. The monoisotopic (exact) mass is 372 g/mol. The highest BCUT2D eigenvalue weighted by Gasteiger charge is 2.16. The number of aliphatic hydroxyl groups is 1. The molecule has 2 aromatic rings. The van der Waals surface area contributed by atoms with E-state index in [2.05, 4.69) is 31.9 Å². The normalized spacial score (nSPS) is 12.4. The highest BCUT2D eigenvalue weighted by Crippen LogP contribution is 2.28. The third kappa shape index (κ3) is 3.19. The SMILES string of the molecule is OC(Cc1ccc(Br)cc1)c1c(F)cccc1Br. The van der Waals surface area contributed by atoms with Gasteiger partial charge >= 0.3 is 0 Å². The van der Waals surface area contributed by atoms with Crippen LogP contribution in [-0.2, 0) is 6.42 Å². The number of hydrogen-bond donors (Lipinski definition) is 1. The standard InChI is InChI=1S/C14H11Br2FO/c15-10-6-4-9(5-7-10)8-13(18)14-11(16)2-1-3-12(14)17/h1-7,13,18H,8H2. The molecule has 0 saturated carbocycles. The predicted octanol–water partition coefficient (Wildman–Crippen LogP) is 4.63. The Balaban J connectivity index is 2.22. The Labute approximate surface area is 122 Å². The molecule has 0 radical (unpaired) electrons. The summed E-state index contributed by atoms with van der Waals surface area (Å²) in [5.41, 5.74) is 1.27. The molecule has 0 bridgehead atoms. The van der Waals surface area contributed by atoms with Crippen molar-refractivity contribution < 1.29 is 9.50 Å². The quantitative estimate of drug-likeness (QED) is 0.831. The Kier molecular flexibility index (Phi) is 4.54. The molecule has 0 amide bonds. The van der Waals surface area contributed by atoms with Crippen molar-refractivity contribution in [1.82, 2.24) is 0 Å². The van der Waals surface area contributed by atoms with Gasteiger partial charge in [-0.25, -0.2) is 4.39 Å². The molecule has 1 unspecified atom stereocenters. The first kappa shape index (κ1) is 13.7. The van der Waals surface area contributed by atoms with E-state index in [1.54, 1.807) is 12.1 Å². The lowest BCUT2D eigenvalue weighted by Crippen LogP contribution is -2.05. The van der Waals surface area contributed by atoms with Crippen LogP contribution in [0.25, 0.3) is 0 Å². The summed E-state index contributed by atoms with van der Waals surface area (Å²) in [6.07, 6.45) is -0.478. The van der Waals surface area contributed by atoms with E-state index in [9.17, 15) is 9.50 Å². The smallest absolute Gasteiger partial charge is 0.130 e. The van der Waals surface area contributed by atoms with Crippen molar-refractivity contribution >= 4 is 31.9 Å². The van der Waals surface area contributed by atoms with E-state index in [1.807, 2.05) is 24.3 Å². The Morgan fingerprint density at radius 3 is 2.33 bits per heavy atom. The van der Waals surface area contributed by atoms with Crippen molar-refractivity contribution in [2.24, 2.45) is 0 Å². The lowest BCUT2D eigenvalue weighted by molar-refractivity contribution is 0.173. The van der Waals surface area contributed by atoms with E-state index >= 15 is 0 Å². The molecule has 1 nitrogen and oxygen atoms in total. The maximum Gasteiger partial charge on any atom is 0.130 e. The van der Waals surface area contributed by atoms with Gasteiger partial charge in [0.1, 0.15) is 5.82 Å². The summed E-state index contributed by atoms with van der Waals surface area (Å²) in [4.78, 5) is 0. The van der Waals surface area contributed by atoms with Gasteiger partial charge in [0, 0.05) is 20.9 Å². The zero-order valence-corrected chi connectivity index (χ0v) is 12.6. The largest absolute Gasteiger partial charge is 0.388 e. The van der Waals surface area contributed by atoms with Gasteiger partial charge in [0.15, 0.2) is 0 Å². The average molecular weight is 374 g/mol. The van der Waals surface area contributed by atoms with Gasteiger partial charge in [0.05, 0.1) is 6.10 Å². The van der Waals surface area contributed by atoms with Crippen molar-refractivity contribution in [2.45, 2.75) is 12.5 Å². The van der Waals surface area contributed by atoms with Gasteiger partial charge in [-0.05, 0) is 29.8 Å². The van der Waals surface area contributed by atoms with E-state index < -0.39 is 11.9 Å². The van der Waals surface area contributed by atoms with Crippen LogP contribution >= 0.6 is 31.9 Å². The number of aliphatic hydroxyl groups excluding tert-OH is 1. The van der Waals surface area contributed by atoms with Crippen LogP contribution in [0.1, 0.15) is 17.2 Å². The fourth-order valence-electron chi connectivity index (χ4n) is 1.77. The maximum absolute atomic E-state index is 13.7. The summed E-state index contributed by atoms with van der Waals surface area (Å²) in [6.45, 7) is 0. The van der Waals surface area contributed by atoms with Crippen molar-refractivity contribution in [3.05, 3.63) is 68.4 Å². The van der Waals surface area contributed by atoms with Crippen LogP contribution in [0.4, 0.5) is 4.39 Å². The summed E-state index contributed by atoms with van der Waals surface area (Å²) in [5, 5.41) is 10.1. The van der Waals surface area contributed by atoms with E-state index in [4.69, 9.17) is 0 Å². The molecule has 94 valence electrons. The number of halogens is 3. The van der Waals surface area contributed by atoms with Gasteiger partial charge < -0.3 is 5.11 Å². The van der Waals surface area contributed by atoms with Crippen molar-refractivity contribution in [3.8, 4) is 0 Å². The Hall–Kier alpha value is -0.710. The topological polar surface area (TPSA) is 20.2 Å². The van der Waals surface area contributed by atoms with Crippen molar-refractivity contribution in [1.29, 1.82) is 0 Å². The number of rotatable bonds is 3. The summed E-state index contributed by atoms with van der Waals surface area (Å²) >= 11 is 6.61. The van der Waals surface area contributed by atoms with Crippen LogP contribution in [0.15, 0.2) is 51.4 Å². The van der Waals surface area contributed by atoms with E-state index in [0.29, 0.717) is 16.5 Å². The first-order valence-electron chi connectivity index (χ1n) is 5.44. The summed E-state index contributed by atoms with van der Waals surface area (Å²) in [7, 11) is 0. The molecule has 1 N–H and O–H groups in total. The summed E-state index contributed by atoms with van der Waals surface area (Å²) < 4.78 is 15.2. The minimum absolute atomic E-state index is 0.306. The first-order chi connectivity index (χ1) is 8.58. The molecular weight excluding hydrogens is 363 g/mol. The molecule has 2 rings (SSSR count). The minimum atomic E-state index is -0.859. The Morgan fingerprint density at radius 1 is 1.06 bits per heavy atom. The molecule has 0 spiro atoms. The van der Waals surface area contributed by atoms with Crippen molar-refractivity contribution in [3.63, 3.8) is 0 Å². The molecule has 0 heterocycles. The van der Waals surface area contributed by atoms with Crippen LogP contribution in [0.5, 0.6) is 0 Å². The Bertz CT molecular complexity index is 520. The van der Waals surface area contributed by atoms with Crippen LogP contribution < -0.4 is 0 Å². The summed E-state index contributed by atoms with van der Waals surface area (Å²) in [6, 6.07) is 12.3. The molecule has 2 aromatic carbocycles. The molecule has 0 aliphatic rings. The van der Waals surface area contributed by atoms with Gasteiger partial charge in [-0.1, -0.05) is 50.1 Å². The Morgan fingerprint density at radius 2 is 1.72 bits per heavy atom. The zero-order chi connectivity index (χ0) is 13.1. The highest BCUT2D eigenvalue weighted by molar-refractivity contribution is 9.10. The van der Waals surface area contributed by atoms with E-state index in [1.165, 1.54) is 6.07 Å². The third-order valence-corrected chi connectivity index (χ3v) is 3.90. The molecule has 0 aliphatic heterocycles. The van der Waals surface area contributed by atoms with Crippen LogP contribution in [-0.4, -0.2) is 5.11 Å². The molecule has 0 saturated heterocycles. The predicted molar refractivity (Wildman–Crippen MR) is 76.9 cm³/mol. The van der Waals surface area contributed by atoms with Gasteiger partial charge in [-0.2, -0.15) is 0 Å². The minimum Gasteiger partial charge on any atom is -0.388 e. The van der Waals surface area contributed by atoms with Crippen LogP contribution in [0.3, 0.4) is 0 Å². The second kappa shape index (κ2) is 5.95. The third-order valence-electron chi connectivity index (χ3n) is 2.68.